The molecule has 5 nitrogen and oxygen atoms in total. The maximum Gasteiger partial charge on any atom is 0.276 e. The molecule has 1 amide bonds. The number of hydrogen-bond acceptors (Lipinski definition) is 4. The normalized spacial score (nSPS) is 11.8. The minimum atomic E-state index is -0.685. The second kappa shape index (κ2) is 3.60. The summed E-state index contributed by atoms with van der Waals surface area (Å²) in [5, 5.41) is 13.1. The van der Waals surface area contributed by atoms with Crippen LogP contribution >= 0.6 is 0 Å². The van der Waals surface area contributed by atoms with Crippen LogP contribution in [0.25, 0.3) is 0 Å². The maximum atomic E-state index is 10.6. The molecule has 10 heavy (non-hydrogen) atoms. The molecule has 0 aromatic heterocycles. The van der Waals surface area contributed by atoms with Crippen molar-refractivity contribution in [2.75, 3.05) is 7.05 Å². The van der Waals surface area contributed by atoms with E-state index in [-0.39, 0.29) is 5.76 Å². The van der Waals surface area contributed by atoms with Crippen molar-refractivity contribution in [2.45, 2.75) is 6.92 Å². The maximum absolute atomic E-state index is 10.6. The fourth-order valence-electron chi connectivity index (χ4n) is 0.390. The Hall–Kier alpha value is -1.39. The number of hydrogen-bond donors (Lipinski definition) is 2. The van der Waals surface area contributed by atoms with E-state index in [2.05, 4.69) is 10.5 Å². The molecule has 0 bridgehead atoms. The first-order valence-electron chi connectivity index (χ1n) is 2.58. The Morgan fingerprint density at radius 2 is 2.10 bits per heavy atom. The van der Waals surface area contributed by atoms with Gasteiger partial charge in [-0.15, -0.1) is 4.91 Å². The van der Waals surface area contributed by atoms with Crippen LogP contribution in [0.5, 0.6) is 0 Å². The molecule has 0 aliphatic carbocycles. The van der Waals surface area contributed by atoms with E-state index in [4.69, 9.17) is 5.11 Å². The first kappa shape index (κ1) is 8.61. The Kier molecular flexibility index (Phi) is 3.10. The van der Waals surface area contributed by atoms with Crippen molar-refractivity contribution >= 4 is 5.91 Å². The summed E-state index contributed by atoms with van der Waals surface area (Å²) in [6.45, 7) is 1.21. The largest absolute Gasteiger partial charge is 0.510 e. The molecule has 0 atom stereocenters. The molecule has 0 saturated carbocycles. The molecule has 0 aliphatic rings. The summed E-state index contributed by atoms with van der Waals surface area (Å²) in [6.07, 6.45) is 0. The third-order valence-electron chi connectivity index (χ3n) is 0.876. The number of carbonyl (C=O) groups is 1. The smallest absolute Gasteiger partial charge is 0.276 e. The van der Waals surface area contributed by atoms with E-state index in [1.165, 1.54) is 14.0 Å². The van der Waals surface area contributed by atoms with Crippen molar-refractivity contribution in [3.63, 3.8) is 0 Å². The minimum absolute atomic E-state index is 0.380. The summed E-state index contributed by atoms with van der Waals surface area (Å²) in [6, 6.07) is 0. The molecule has 0 spiro atoms. The molecule has 2 N–H and O–H groups in total. The molecule has 0 heterocycles. The summed E-state index contributed by atoms with van der Waals surface area (Å²) in [4.78, 5) is 20.4. The molecule has 0 aromatic rings. The van der Waals surface area contributed by atoms with Gasteiger partial charge in [-0.2, -0.15) is 0 Å². The van der Waals surface area contributed by atoms with Crippen LogP contribution in [0.1, 0.15) is 6.92 Å². The molecule has 0 unspecified atom stereocenters. The van der Waals surface area contributed by atoms with Gasteiger partial charge in [0.1, 0.15) is 5.76 Å². The lowest BCUT2D eigenvalue weighted by Crippen LogP contribution is -2.19. The van der Waals surface area contributed by atoms with Gasteiger partial charge >= 0.3 is 0 Å². The van der Waals surface area contributed by atoms with Gasteiger partial charge in [0.05, 0.1) is 0 Å². The summed E-state index contributed by atoms with van der Waals surface area (Å²) in [5.74, 6) is -1.07. The third-order valence-corrected chi connectivity index (χ3v) is 0.876. The first-order chi connectivity index (χ1) is 4.63. The SMILES string of the molecule is CNC(=O)/C(N=O)=C(/C)O. The predicted octanol–water partition coefficient (Wildman–Crippen LogP) is 0.288. The number of aliphatic hydroxyl groups excluding tert-OH is 1. The molecule has 0 rings (SSSR count). The van der Waals surface area contributed by atoms with Gasteiger partial charge in [-0.1, -0.05) is 0 Å². The van der Waals surface area contributed by atoms with E-state index in [0.717, 1.165) is 0 Å². The zero-order valence-corrected chi connectivity index (χ0v) is 5.71. The van der Waals surface area contributed by atoms with E-state index in [9.17, 15) is 9.70 Å². The number of rotatable bonds is 2. The van der Waals surface area contributed by atoms with Crippen LogP contribution in [0.15, 0.2) is 16.6 Å². The van der Waals surface area contributed by atoms with Crippen molar-refractivity contribution < 1.29 is 9.90 Å². The fraction of sp³-hybridized carbons (Fsp3) is 0.400. The third kappa shape index (κ3) is 1.85. The van der Waals surface area contributed by atoms with Crippen LogP contribution in [0, 0.1) is 4.91 Å². The lowest BCUT2D eigenvalue weighted by Gasteiger charge is -1.95. The molecule has 0 fully saturated rings. The highest BCUT2D eigenvalue weighted by Gasteiger charge is 2.10. The Labute approximate surface area is 57.7 Å². The number of amides is 1. The number of likely N-dealkylation sites (N-methyl/N-ethyl adjacent to an activating group) is 1. The summed E-state index contributed by atoms with van der Waals surface area (Å²) in [7, 11) is 1.34. The highest BCUT2D eigenvalue weighted by atomic mass is 16.3. The highest BCUT2D eigenvalue weighted by molar-refractivity contribution is 5.93. The van der Waals surface area contributed by atoms with Crippen molar-refractivity contribution in [1.82, 2.24) is 5.32 Å². The topological polar surface area (TPSA) is 78.8 Å². The average molecular weight is 144 g/mol. The standard InChI is InChI=1S/C5H8N2O3/c1-3(8)4(7-10)5(9)6-2/h8H,1-2H3,(H,6,9)/b4-3+. The lowest BCUT2D eigenvalue weighted by molar-refractivity contribution is -0.117. The van der Waals surface area contributed by atoms with Crippen LogP contribution in [-0.4, -0.2) is 18.1 Å². The van der Waals surface area contributed by atoms with Gasteiger partial charge in [0, 0.05) is 7.05 Å². The number of nitroso groups, excluding NO2 is 1. The molecule has 0 radical (unpaired) electrons. The van der Waals surface area contributed by atoms with Gasteiger partial charge in [-0.3, -0.25) is 4.79 Å². The zero-order valence-electron chi connectivity index (χ0n) is 5.71. The van der Waals surface area contributed by atoms with E-state index in [1.54, 1.807) is 0 Å². The lowest BCUT2D eigenvalue weighted by atomic mass is 10.4. The number of aliphatic hydroxyl groups is 1. The monoisotopic (exact) mass is 144 g/mol. The van der Waals surface area contributed by atoms with E-state index < -0.39 is 11.6 Å². The van der Waals surface area contributed by atoms with E-state index in [0.29, 0.717) is 0 Å². The van der Waals surface area contributed by atoms with Crippen LogP contribution in [-0.2, 0) is 4.79 Å². The fourth-order valence-corrected chi connectivity index (χ4v) is 0.390. The van der Waals surface area contributed by atoms with Crippen molar-refractivity contribution in [1.29, 1.82) is 0 Å². The second-order valence-electron chi connectivity index (χ2n) is 1.60. The van der Waals surface area contributed by atoms with Gasteiger partial charge in [-0.25, -0.2) is 0 Å². The van der Waals surface area contributed by atoms with Crippen molar-refractivity contribution in [3.8, 4) is 0 Å². The molecule has 0 aliphatic heterocycles. The van der Waals surface area contributed by atoms with Crippen LogP contribution in [0.3, 0.4) is 0 Å². The predicted molar refractivity (Wildman–Crippen MR) is 35.2 cm³/mol. The van der Waals surface area contributed by atoms with Gasteiger partial charge in [0.25, 0.3) is 5.91 Å². The molecular formula is C5H8N2O3. The Balaban J connectivity index is 4.53. The average Bonchev–Trinajstić information content (AvgIpc) is 1.88. The van der Waals surface area contributed by atoms with Gasteiger partial charge in [0.15, 0.2) is 0 Å². The van der Waals surface area contributed by atoms with Gasteiger partial charge in [0.2, 0.25) is 5.70 Å². The Morgan fingerprint density at radius 1 is 1.60 bits per heavy atom. The number of nitrogens with one attached hydrogen (secondary N) is 1. The molecular weight excluding hydrogens is 136 g/mol. The summed E-state index contributed by atoms with van der Waals surface area (Å²) in [5.41, 5.74) is -0.484. The number of nitrogens with zero attached hydrogens (tertiary/aromatic N) is 1. The minimum Gasteiger partial charge on any atom is -0.510 e. The Morgan fingerprint density at radius 3 is 2.20 bits per heavy atom. The van der Waals surface area contributed by atoms with E-state index >= 15 is 0 Å². The van der Waals surface area contributed by atoms with Gasteiger partial charge < -0.3 is 10.4 Å². The van der Waals surface area contributed by atoms with Gasteiger partial charge in [-0.05, 0) is 12.1 Å². The number of carbonyl (C=O) groups excluding carboxylic acids is 1. The molecule has 5 heteroatoms. The Bertz CT molecular complexity index is 181. The summed E-state index contributed by atoms with van der Waals surface area (Å²) >= 11 is 0. The van der Waals surface area contributed by atoms with Crippen LogP contribution < -0.4 is 5.32 Å². The van der Waals surface area contributed by atoms with Crippen molar-refractivity contribution in [2.24, 2.45) is 5.18 Å². The van der Waals surface area contributed by atoms with E-state index in [1.807, 2.05) is 0 Å². The zero-order chi connectivity index (χ0) is 8.15. The second-order valence-corrected chi connectivity index (χ2v) is 1.60. The summed E-state index contributed by atoms with van der Waals surface area (Å²) < 4.78 is 0. The molecule has 56 valence electrons. The number of allylic oxidation sites excluding steroid dienone is 1. The molecule has 0 saturated heterocycles. The van der Waals surface area contributed by atoms with Crippen LogP contribution in [0.4, 0.5) is 0 Å². The van der Waals surface area contributed by atoms with Crippen LogP contribution in [0.2, 0.25) is 0 Å². The van der Waals surface area contributed by atoms with Crippen molar-refractivity contribution in [3.05, 3.63) is 16.4 Å². The highest BCUT2D eigenvalue weighted by Crippen LogP contribution is 2.00. The quantitative estimate of drug-likeness (QED) is 0.332. The first-order valence-corrected chi connectivity index (χ1v) is 2.58. The molecule has 0 aromatic carbocycles.